The fraction of sp³-hybridized carbons (Fsp3) is 1.00. The largest absolute Gasteiger partial charge is 0.389 e. The maximum Gasteiger partial charge on any atom is 0.0897 e. The quantitative estimate of drug-likeness (QED) is 0.648. The van der Waals surface area contributed by atoms with E-state index in [4.69, 9.17) is 9.47 Å². The van der Waals surface area contributed by atoms with Gasteiger partial charge in [0.1, 0.15) is 0 Å². The molecule has 2 N–H and O–H groups in total. The standard InChI is InChI=1S/C11H23NO3/c1-9(2)6-15-8-11(13)5-12-10-3-4-14-7-10/h9-13H,3-8H2,1-2H3. The molecule has 0 aromatic carbocycles. The predicted octanol–water partition coefficient (Wildman–Crippen LogP) is 0.398. The van der Waals surface area contributed by atoms with Crippen molar-refractivity contribution < 1.29 is 14.6 Å². The third kappa shape index (κ3) is 6.10. The summed E-state index contributed by atoms with van der Waals surface area (Å²) in [5.41, 5.74) is 0. The molecule has 90 valence electrons. The van der Waals surface area contributed by atoms with E-state index in [-0.39, 0.29) is 0 Å². The SMILES string of the molecule is CC(C)COCC(O)CNC1CCOC1. The van der Waals surface area contributed by atoms with Crippen LogP contribution >= 0.6 is 0 Å². The van der Waals surface area contributed by atoms with Gasteiger partial charge >= 0.3 is 0 Å². The van der Waals surface area contributed by atoms with Crippen LogP contribution in [0.2, 0.25) is 0 Å². The van der Waals surface area contributed by atoms with E-state index in [1.807, 2.05) is 0 Å². The molecule has 1 aliphatic heterocycles. The van der Waals surface area contributed by atoms with E-state index in [1.165, 1.54) is 0 Å². The zero-order chi connectivity index (χ0) is 11.1. The summed E-state index contributed by atoms with van der Waals surface area (Å²) in [5.74, 6) is 0.522. The third-order valence-electron chi connectivity index (χ3n) is 2.33. The fourth-order valence-corrected chi connectivity index (χ4v) is 1.50. The molecule has 2 unspecified atom stereocenters. The maximum absolute atomic E-state index is 9.59. The Hall–Kier alpha value is -0.160. The first-order chi connectivity index (χ1) is 7.18. The summed E-state index contributed by atoms with van der Waals surface area (Å²) >= 11 is 0. The van der Waals surface area contributed by atoms with Crippen LogP contribution in [-0.4, -0.2) is 50.2 Å². The summed E-state index contributed by atoms with van der Waals surface area (Å²) in [6.07, 6.45) is 0.629. The lowest BCUT2D eigenvalue weighted by Gasteiger charge is -2.16. The van der Waals surface area contributed by atoms with Gasteiger partial charge in [-0.1, -0.05) is 13.8 Å². The molecule has 15 heavy (non-hydrogen) atoms. The molecule has 0 saturated carbocycles. The minimum absolute atomic E-state index is 0.407. The molecule has 0 amide bonds. The van der Waals surface area contributed by atoms with Crippen molar-refractivity contribution in [2.24, 2.45) is 5.92 Å². The average Bonchev–Trinajstić information content (AvgIpc) is 2.66. The molecule has 1 saturated heterocycles. The van der Waals surface area contributed by atoms with Gasteiger partial charge < -0.3 is 19.9 Å². The molecule has 0 bridgehead atoms. The van der Waals surface area contributed by atoms with Gasteiger partial charge in [-0.05, 0) is 12.3 Å². The summed E-state index contributed by atoms with van der Waals surface area (Å²) in [4.78, 5) is 0. The predicted molar refractivity (Wildman–Crippen MR) is 58.9 cm³/mol. The number of ether oxygens (including phenoxy) is 2. The number of hydrogen-bond donors (Lipinski definition) is 2. The monoisotopic (exact) mass is 217 g/mol. The second-order valence-corrected chi connectivity index (χ2v) is 4.55. The highest BCUT2D eigenvalue weighted by atomic mass is 16.5. The van der Waals surface area contributed by atoms with E-state index in [2.05, 4.69) is 19.2 Å². The summed E-state index contributed by atoms with van der Waals surface area (Å²) in [7, 11) is 0. The van der Waals surface area contributed by atoms with Crippen LogP contribution < -0.4 is 5.32 Å². The average molecular weight is 217 g/mol. The summed E-state index contributed by atoms with van der Waals surface area (Å²) < 4.78 is 10.6. The molecule has 1 rings (SSSR count). The van der Waals surface area contributed by atoms with Gasteiger partial charge in [-0.3, -0.25) is 0 Å². The lowest BCUT2D eigenvalue weighted by molar-refractivity contribution is 0.0248. The first kappa shape index (κ1) is 12.9. The first-order valence-electron chi connectivity index (χ1n) is 5.75. The van der Waals surface area contributed by atoms with Crippen LogP contribution in [0.4, 0.5) is 0 Å². The zero-order valence-corrected chi connectivity index (χ0v) is 9.74. The molecule has 1 heterocycles. The van der Waals surface area contributed by atoms with Crippen molar-refractivity contribution in [3.63, 3.8) is 0 Å². The van der Waals surface area contributed by atoms with Gasteiger partial charge in [0.15, 0.2) is 0 Å². The van der Waals surface area contributed by atoms with E-state index < -0.39 is 6.10 Å². The van der Waals surface area contributed by atoms with Crippen LogP contribution in [0.3, 0.4) is 0 Å². The topological polar surface area (TPSA) is 50.7 Å². The second-order valence-electron chi connectivity index (χ2n) is 4.55. The molecule has 0 radical (unpaired) electrons. The fourth-order valence-electron chi connectivity index (χ4n) is 1.50. The second kappa shape index (κ2) is 7.17. The molecule has 1 aliphatic rings. The van der Waals surface area contributed by atoms with Crippen molar-refractivity contribution in [1.82, 2.24) is 5.32 Å². The van der Waals surface area contributed by atoms with E-state index in [1.54, 1.807) is 0 Å². The molecule has 1 fully saturated rings. The summed E-state index contributed by atoms with van der Waals surface area (Å²) in [6, 6.07) is 0.407. The van der Waals surface area contributed by atoms with E-state index >= 15 is 0 Å². The Bertz CT molecular complexity index is 158. The highest BCUT2D eigenvalue weighted by Gasteiger charge is 2.16. The number of hydrogen-bond acceptors (Lipinski definition) is 4. The Morgan fingerprint density at radius 1 is 1.47 bits per heavy atom. The Labute approximate surface area is 92.0 Å². The molecular formula is C11H23NO3. The van der Waals surface area contributed by atoms with Gasteiger partial charge in [-0.25, -0.2) is 0 Å². The molecule has 4 heteroatoms. The molecule has 4 nitrogen and oxygen atoms in total. The number of nitrogens with one attached hydrogen (secondary N) is 1. The first-order valence-corrected chi connectivity index (χ1v) is 5.75. The van der Waals surface area contributed by atoms with Gasteiger partial charge in [0.2, 0.25) is 0 Å². The van der Waals surface area contributed by atoms with Crippen molar-refractivity contribution >= 4 is 0 Å². The third-order valence-corrected chi connectivity index (χ3v) is 2.33. The van der Waals surface area contributed by atoms with Crippen molar-refractivity contribution in [1.29, 1.82) is 0 Å². The normalized spacial score (nSPS) is 23.6. The lowest BCUT2D eigenvalue weighted by atomic mass is 10.2. The molecule has 0 aromatic rings. The Morgan fingerprint density at radius 2 is 2.27 bits per heavy atom. The van der Waals surface area contributed by atoms with Crippen molar-refractivity contribution in [2.75, 3.05) is 33.0 Å². The molecule has 2 atom stereocenters. The lowest BCUT2D eigenvalue weighted by Crippen LogP contribution is -2.37. The highest BCUT2D eigenvalue weighted by molar-refractivity contribution is 4.72. The minimum Gasteiger partial charge on any atom is -0.389 e. The van der Waals surface area contributed by atoms with Gasteiger partial charge in [0.25, 0.3) is 0 Å². The van der Waals surface area contributed by atoms with E-state index in [0.717, 1.165) is 19.6 Å². The van der Waals surface area contributed by atoms with Gasteiger partial charge in [-0.15, -0.1) is 0 Å². The van der Waals surface area contributed by atoms with Crippen molar-refractivity contribution in [2.45, 2.75) is 32.4 Å². The molecule has 0 aromatic heterocycles. The van der Waals surface area contributed by atoms with Crippen LogP contribution in [0.1, 0.15) is 20.3 Å². The van der Waals surface area contributed by atoms with Crippen LogP contribution in [0.5, 0.6) is 0 Å². The van der Waals surface area contributed by atoms with Gasteiger partial charge in [-0.2, -0.15) is 0 Å². The van der Waals surface area contributed by atoms with Crippen molar-refractivity contribution in [3.8, 4) is 0 Å². The Kier molecular flexibility index (Phi) is 6.17. The molecule has 0 aliphatic carbocycles. The maximum atomic E-state index is 9.59. The zero-order valence-electron chi connectivity index (χ0n) is 9.74. The van der Waals surface area contributed by atoms with Gasteiger partial charge in [0.05, 0.1) is 19.3 Å². The van der Waals surface area contributed by atoms with Gasteiger partial charge in [0, 0.05) is 25.8 Å². The number of rotatable bonds is 7. The van der Waals surface area contributed by atoms with Crippen LogP contribution in [-0.2, 0) is 9.47 Å². The smallest absolute Gasteiger partial charge is 0.0897 e. The summed E-state index contributed by atoms with van der Waals surface area (Å²) in [5, 5.41) is 12.9. The van der Waals surface area contributed by atoms with Crippen LogP contribution in [0.25, 0.3) is 0 Å². The van der Waals surface area contributed by atoms with E-state index in [0.29, 0.717) is 31.7 Å². The van der Waals surface area contributed by atoms with Crippen LogP contribution in [0.15, 0.2) is 0 Å². The molecule has 0 spiro atoms. The van der Waals surface area contributed by atoms with Crippen LogP contribution in [0, 0.1) is 5.92 Å². The highest BCUT2D eigenvalue weighted by Crippen LogP contribution is 2.03. The summed E-state index contributed by atoms with van der Waals surface area (Å²) in [6.45, 7) is 7.51. The molecular weight excluding hydrogens is 194 g/mol. The Balaban J connectivity index is 1.95. The number of aliphatic hydroxyl groups excluding tert-OH is 1. The number of aliphatic hydroxyl groups is 1. The Morgan fingerprint density at radius 3 is 2.87 bits per heavy atom. The van der Waals surface area contributed by atoms with E-state index in [9.17, 15) is 5.11 Å². The van der Waals surface area contributed by atoms with Crippen molar-refractivity contribution in [3.05, 3.63) is 0 Å². The minimum atomic E-state index is -0.413.